The Morgan fingerprint density at radius 2 is 2.25 bits per heavy atom. The fourth-order valence-corrected chi connectivity index (χ4v) is 4.28. The summed E-state index contributed by atoms with van der Waals surface area (Å²) in [6, 6.07) is 7.84. The van der Waals surface area contributed by atoms with Crippen molar-refractivity contribution in [2.75, 3.05) is 19.6 Å². The number of nitrogens with zero attached hydrogens (tertiary/aromatic N) is 1. The molecular weight excluding hydrogens is 338 g/mol. The predicted octanol–water partition coefficient (Wildman–Crippen LogP) is 3.47. The Bertz CT molecular complexity index is 663. The highest BCUT2D eigenvalue weighted by Gasteiger charge is 2.14. The smallest absolute Gasteiger partial charge is 0.251 e. The Morgan fingerprint density at radius 1 is 1.42 bits per heavy atom. The van der Waals surface area contributed by atoms with E-state index >= 15 is 0 Å². The van der Waals surface area contributed by atoms with Crippen molar-refractivity contribution in [3.05, 3.63) is 45.9 Å². The van der Waals surface area contributed by atoms with Crippen LogP contribution in [0.15, 0.2) is 34.5 Å². The number of carbonyl (C=O) groups is 1. The number of hydrogen-bond donors (Lipinski definition) is 2. The van der Waals surface area contributed by atoms with Crippen molar-refractivity contribution < 1.29 is 4.79 Å². The normalized spacial score (nSPS) is 17.6. The molecule has 1 aliphatic rings. The summed E-state index contributed by atoms with van der Waals surface area (Å²) in [5.41, 5.74) is 1.85. The molecule has 0 aliphatic carbocycles. The Balaban J connectivity index is 1.47. The van der Waals surface area contributed by atoms with Gasteiger partial charge in [0.2, 0.25) is 0 Å². The summed E-state index contributed by atoms with van der Waals surface area (Å²) < 4.78 is 0. The second-order valence-electron chi connectivity index (χ2n) is 6.09. The predicted molar refractivity (Wildman–Crippen MR) is 101 cm³/mol. The highest BCUT2D eigenvalue weighted by atomic mass is 32.2. The summed E-state index contributed by atoms with van der Waals surface area (Å²) in [6.07, 6.45) is 2.39. The van der Waals surface area contributed by atoms with Gasteiger partial charge in [-0.25, -0.2) is 4.98 Å². The SMILES string of the molecule is Cc1nc(CSc2ccc(C(=O)NCC3CCCNC3)cc2)cs1. The lowest BCUT2D eigenvalue weighted by molar-refractivity contribution is 0.0945. The molecule has 1 unspecified atom stereocenters. The lowest BCUT2D eigenvalue weighted by atomic mass is 10.00. The third-order valence-corrected chi connectivity index (χ3v) is 5.99. The third-order valence-electron chi connectivity index (χ3n) is 4.12. The summed E-state index contributed by atoms with van der Waals surface area (Å²) in [4.78, 5) is 17.9. The number of piperidine rings is 1. The van der Waals surface area contributed by atoms with Gasteiger partial charge in [0, 0.05) is 28.1 Å². The highest BCUT2D eigenvalue weighted by molar-refractivity contribution is 7.98. The molecule has 3 rings (SSSR count). The number of carbonyl (C=O) groups excluding carboxylic acids is 1. The van der Waals surface area contributed by atoms with Crippen LogP contribution in [0.5, 0.6) is 0 Å². The molecule has 128 valence electrons. The molecule has 1 fully saturated rings. The molecule has 1 aliphatic heterocycles. The van der Waals surface area contributed by atoms with E-state index in [1.54, 1.807) is 23.1 Å². The fraction of sp³-hybridized carbons (Fsp3) is 0.444. The number of hydrogen-bond acceptors (Lipinski definition) is 5. The van der Waals surface area contributed by atoms with Crippen molar-refractivity contribution in [1.82, 2.24) is 15.6 Å². The molecule has 1 atom stereocenters. The first-order chi connectivity index (χ1) is 11.7. The number of rotatable bonds is 6. The molecule has 2 aromatic rings. The van der Waals surface area contributed by atoms with Crippen LogP contribution in [0.3, 0.4) is 0 Å². The maximum absolute atomic E-state index is 12.2. The van der Waals surface area contributed by atoms with E-state index in [-0.39, 0.29) is 5.91 Å². The minimum Gasteiger partial charge on any atom is -0.352 e. The Kier molecular flexibility index (Phi) is 6.29. The van der Waals surface area contributed by atoms with E-state index in [4.69, 9.17) is 0 Å². The summed E-state index contributed by atoms with van der Waals surface area (Å²) in [5.74, 6) is 1.44. The van der Waals surface area contributed by atoms with E-state index in [0.29, 0.717) is 5.92 Å². The van der Waals surface area contributed by atoms with Crippen LogP contribution >= 0.6 is 23.1 Å². The molecule has 1 saturated heterocycles. The molecular formula is C18H23N3OS2. The van der Waals surface area contributed by atoms with E-state index in [1.807, 2.05) is 31.2 Å². The number of nitrogens with one attached hydrogen (secondary N) is 2. The van der Waals surface area contributed by atoms with Crippen LogP contribution in [0.2, 0.25) is 0 Å². The first kappa shape index (κ1) is 17.5. The Labute approximate surface area is 151 Å². The van der Waals surface area contributed by atoms with Gasteiger partial charge in [-0.3, -0.25) is 4.79 Å². The average Bonchev–Trinajstić information content (AvgIpc) is 3.04. The molecule has 4 nitrogen and oxygen atoms in total. The molecule has 0 radical (unpaired) electrons. The van der Waals surface area contributed by atoms with Gasteiger partial charge in [-0.2, -0.15) is 0 Å². The second kappa shape index (κ2) is 8.65. The standard InChI is InChI=1S/C18H23N3OS2/c1-13-21-16(11-23-13)12-24-17-6-4-15(5-7-17)18(22)20-10-14-3-2-8-19-9-14/h4-7,11,14,19H,2-3,8-10,12H2,1H3,(H,20,22). The van der Waals surface area contributed by atoms with Gasteiger partial charge in [0.05, 0.1) is 10.7 Å². The van der Waals surface area contributed by atoms with Gasteiger partial charge >= 0.3 is 0 Å². The van der Waals surface area contributed by atoms with Gasteiger partial charge in [0.1, 0.15) is 0 Å². The monoisotopic (exact) mass is 361 g/mol. The average molecular weight is 362 g/mol. The van der Waals surface area contributed by atoms with Gasteiger partial charge in [-0.05, 0) is 63.0 Å². The quantitative estimate of drug-likeness (QED) is 0.774. The van der Waals surface area contributed by atoms with Gasteiger partial charge < -0.3 is 10.6 Å². The minimum absolute atomic E-state index is 0.0206. The van der Waals surface area contributed by atoms with E-state index in [9.17, 15) is 4.79 Å². The number of thioether (sulfide) groups is 1. The molecule has 1 aromatic heterocycles. The zero-order chi connectivity index (χ0) is 16.8. The second-order valence-corrected chi connectivity index (χ2v) is 8.20. The summed E-state index contributed by atoms with van der Waals surface area (Å²) in [7, 11) is 0. The lowest BCUT2D eigenvalue weighted by Crippen LogP contribution is -2.38. The van der Waals surface area contributed by atoms with E-state index in [1.165, 1.54) is 12.8 Å². The van der Waals surface area contributed by atoms with Crippen molar-refractivity contribution in [1.29, 1.82) is 0 Å². The maximum atomic E-state index is 12.2. The van der Waals surface area contributed by atoms with Gasteiger partial charge in [-0.15, -0.1) is 23.1 Å². The largest absolute Gasteiger partial charge is 0.352 e. The highest BCUT2D eigenvalue weighted by Crippen LogP contribution is 2.23. The van der Waals surface area contributed by atoms with Crippen LogP contribution in [0.25, 0.3) is 0 Å². The number of amides is 1. The maximum Gasteiger partial charge on any atom is 0.251 e. The van der Waals surface area contributed by atoms with Crippen LogP contribution in [-0.4, -0.2) is 30.5 Å². The number of benzene rings is 1. The van der Waals surface area contributed by atoms with Gasteiger partial charge in [0.15, 0.2) is 0 Å². The van der Waals surface area contributed by atoms with E-state index < -0.39 is 0 Å². The number of aromatic nitrogens is 1. The van der Waals surface area contributed by atoms with Crippen molar-refractivity contribution in [2.24, 2.45) is 5.92 Å². The van der Waals surface area contributed by atoms with E-state index in [0.717, 1.165) is 46.5 Å². The summed E-state index contributed by atoms with van der Waals surface area (Å²) in [6.45, 7) is 4.89. The third kappa shape index (κ3) is 5.06. The van der Waals surface area contributed by atoms with Crippen molar-refractivity contribution in [3.8, 4) is 0 Å². The van der Waals surface area contributed by atoms with Crippen LogP contribution in [0.4, 0.5) is 0 Å². The van der Waals surface area contributed by atoms with E-state index in [2.05, 4.69) is 21.0 Å². The first-order valence-electron chi connectivity index (χ1n) is 8.33. The molecule has 0 saturated carbocycles. The number of thiazole rings is 1. The molecule has 2 N–H and O–H groups in total. The van der Waals surface area contributed by atoms with Crippen molar-refractivity contribution in [2.45, 2.75) is 30.4 Å². The summed E-state index contributed by atoms with van der Waals surface area (Å²) >= 11 is 3.43. The summed E-state index contributed by atoms with van der Waals surface area (Å²) in [5, 5.41) is 9.63. The van der Waals surface area contributed by atoms with Crippen LogP contribution in [0.1, 0.15) is 33.9 Å². The van der Waals surface area contributed by atoms with Gasteiger partial charge in [0.25, 0.3) is 5.91 Å². The fourth-order valence-electron chi connectivity index (χ4n) is 2.77. The van der Waals surface area contributed by atoms with Crippen LogP contribution in [0, 0.1) is 12.8 Å². The van der Waals surface area contributed by atoms with Crippen molar-refractivity contribution in [3.63, 3.8) is 0 Å². The molecule has 2 heterocycles. The first-order valence-corrected chi connectivity index (χ1v) is 10.2. The van der Waals surface area contributed by atoms with Gasteiger partial charge in [-0.1, -0.05) is 0 Å². The zero-order valence-corrected chi connectivity index (χ0v) is 15.5. The number of aryl methyl sites for hydroxylation is 1. The lowest BCUT2D eigenvalue weighted by Gasteiger charge is -2.22. The van der Waals surface area contributed by atoms with Crippen molar-refractivity contribution >= 4 is 29.0 Å². The van der Waals surface area contributed by atoms with Crippen LogP contribution in [-0.2, 0) is 5.75 Å². The molecule has 0 spiro atoms. The Hall–Kier alpha value is -1.37. The molecule has 1 aromatic carbocycles. The topological polar surface area (TPSA) is 54.0 Å². The zero-order valence-electron chi connectivity index (χ0n) is 13.9. The molecule has 6 heteroatoms. The van der Waals surface area contributed by atoms with Crippen LogP contribution < -0.4 is 10.6 Å². The minimum atomic E-state index is 0.0206. The molecule has 1 amide bonds. The molecule has 24 heavy (non-hydrogen) atoms. The Morgan fingerprint density at radius 3 is 2.92 bits per heavy atom. The molecule has 0 bridgehead atoms.